The first kappa shape index (κ1) is 15.4. The van der Waals surface area contributed by atoms with Crippen LogP contribution in [-0.4, -0.2) is 9.97 Å². The molecule has 0 unspecified atom stereocenters. The van der Waals surface area contributed by atoms with Gasteiger partial charge in [0.15, 0.2) is 0 Å². The van der Waals surface area contributed by atoms with E-state index in [2.05, 4.69) is 26.7 Å². The molecule has 1 aromatic heterocycles. The van der Waals surface area contributed by atoms with E-state index in [0.29, 0.717) is 23.0 Å². The van der Waals surface area contributed by atoms with E-state index in [4.69, 9.17) is 5.26 Å². The first-order valence-corrected chi connectivity index (χ1v) is 7.28. The van der Waals surface area contributed by atoms with Gasteiger partial charge in [-0.15, -0.1) is 0 Å². The summed E-state index contributed by atoms with van der Waals surface area (Å²) in [5.74, 6) is 0.619. The number of rotatable bonds is 4. The number of nitrogens with one attached hydrogen (secondary N) is 2. The standard InChI is InChI=1S/C18H14FN5/c1-12-8-17(22-16-7-3-5-14(19)10-16)24-18(21-12)23-15-6-2-4-13(9-15)11-20/h2-10H,1H3,(H2,21,22,23,24). The quantitative estimate of drug-likeness (QED) is 0.750. The van der Waals surface area contributed by atoms with Crippen molar-refractivity contribution in [2.24, 2.45) is 0 Å². The van der Waals surface area contributed by atoms with Gasteiger partial charge in [0.25, 0.3) is 0 Å². The average Bonchev–Trinajstić information content (AvgIpc) is 2.54. The summed E-state index contributed by atoms with van der Waals surface area (Å²) in [4.78, 5) is 8.70. The molecule has 5 nitrogen and oxygen atoms in total. The first-order chi connectivity index (χ1) is 11.6. The van der Waals surface area contributed by atoms with E-state index < -0.39 is 0 Å². The van der Waals surface area contributed by atoms with Crippen LogP contribution in [0.4, 0.5) is 27.5 Å². The Morgan fingerprint density at radius 2 is 1.71 bits per heavy atom. The Hall–Kier alpha value is -3.46. The van der Waals surface area contributed by atoms with Gasteiger partial charge in [-0.2, -0.15) is 10.2 Å². The van der Waals surface area contributed by atoms with Crippen molar-refractivity contribution in [1.29, 1.82) is 5.26 Å². The second-order valence-electron chi connectivity index (χ2n) is 5.17. The molecule has 6 heteroatoms. The van der Waals surface area contributed by atoms with Crippen LogP contribution in [0.15, 0.2) is 54.6 Å². The average molecular weight is 319 g/mol. The molecule has 0 saturated heterocycles. The van der Waals surface area contributed by atoms with Crippen LogP contribution in [-0.2, 0) is 0 Å². The summed E-state index contributed by atoms with van der Waals surface area (Å²) in [6, 6.07) is 17.0. The fourth-order valence-electron chi connectivity index (χ4n) is 2.20. The second-order valence-corrected chi connectivity index (χ2v) is 5.17. The summed E-state index contributed by atoms with van der Waals surface area (Å²) in [6.45, 7) is 1.84. The van der Waals surface area contributed by atoms with Crippen molar-refractivity contribution in [1.82, 2.24) is 9.97 Å². The smallest absolute Gasteiger partial charge is 0.229 e. The minimum atomic E-state index is -0.322. The molecule has 0 atom stereocenters. The highest BCUT2D eigenvalue weighted by atomic mass is 19.1. The van der Waals surface area contributed by atoms with Gasteiger partial charge >= 0.3 is 0 Å². The lowest BCUT2D eigenvalue weighted by atomic mass is 10.2. The minimum Gasteiger partial charge on any atom is -0.340 e. The van der Waals surface area contributed by atoms with Crippen molar-refractivity contribution < 1.29 is 4.39 Å². The van der Waals surface area contributed by atoms with Crippen LogP contribution in [0.2, 0.25) is 0 Å². The zero-order valence-electron chi connectivity index (χ0n) is 12.9. The van der Waals surface area contributed by atoms with E-state index in [1.54, 1.807) is 36.4 Å². The first-order valence-electron chi connectivity index (χ1n) is 7.28. The van der Waals surface area contributed by atoms with Crippen molar-refractivity contribution >= 4 is 23.1 Å². The predicted molar refractivity (Wildman–Crippen MR) is 90.9 cm³/mol. The predicted octanol–water partition coefficient (Wildman–Crippen LogP) is 4.28. The lowest BCUT2D eigenvalue weighted by Crippen LogP contribution is -2.02. The van der Waals surface area contributed by atoms with E-state index in [1.165, 1.54) is 12.1 Å². The fourth-order valence-corrected chi connectivity index (χ4v) is 2.20. The lowest BCUT2D eigenvalue weighted by Gasteiger charge is -2.10. The van der Waals surface area contributed by atoms with Crippen LogP contribution in [0, 0.1) is 24.1 Å². The van der Waals surface area contributed by atoms with E-state index >= 15 is 0 Å². The maximum Gasteiger partial charge on any atom is 0.229 e. The minimum absolute atomic E-state index is 0.322. The second kappa shape index (κ2) is 6.75. The Balaban J connectivity index is 1.84. The molecule has 0 amide bonds. The number of aromatic nitrogens is 2. The van der Waals surface area contributed by atoms with Gasteiger partial charge in [-0.3, -0.25) is 0 Å². The molecule has 0 aliphatic carbocycles. The molecular weight excluding hydrogens is 305 g/mol. The Labute approximate surface area is 138 Å². The molecular formula is C18H14FN5. The van der Waals surface area contributed by atoms with E-state index in [9.17, 15) is 4.39 Å². The number of nitrogens with zero attached hydrogens (tertiary/aromatic N) is 3. The molecule has 0 aliphatic heterocycles. The monoisotopic (exact) mass is 319 g/mol. The van der Waals surface area contributed by atoms with Crippen LogP contribution in [0.5, 0.6) is 0 Å². The highest BCUT2D eigenvalue weighted by Gasteiger charge is 2.05. The summed E-state index contributed by atoms with van der Waals surface area (Å²) in [6.07, 6.45) is 0. The molecule has 2 N–H and O–H groups in total. The molecule has 118 valence electrons. The van der Waals surface area contributed by atoms with Crippen LogP contribution >= 0.6 is 0 Å². The van der Waals surface area contributed by atoms with Gasteiger partial charge in [0.2, 0.25) is 5.95 Å². The third-order valence-electron chi connectivity index (χ3n) is 3.20. The topological polar surface area (TPSA) is 73.6 Å². The van der Waals surface area contributed by atoms with E-state index in [0.717, 1.165) is 11.4 Å². The summed E-state index contributed by atoms with van der Waals surface area (Å²) in [7, 11) is 0. The maximum absolute atomic E-state index is 13.3. The van der Waals surface area contributed by atoms with Gasteiger partial charge in [-0.25, -0.2) is 9.37 Å². The molecule has 2 aromatic carbocycles. The molecule has 0 radical (unpaired) electrons. The maximum atomic E-state index is 13.3. The van der Waals surface area contributed by atoms with Crippen LogP contribution in [0.25, 0.3) is 0 Å². The van der Waals surface area contributed by atoms with Gasteiger partial charge in [0.1, 0.15) is 11.6 Å². The van der Waals surface area contributed by atoms with Crippen molar-refractivity contribution in [3.63, 3.8) is 0 Å². The van der Waals surface area contributed by atoms with Gasteiger partial charge in [0.05, 0.1) is 11.6 Å². The summed E-state index contributed by atoms with van der Waals surface area (Å²) in [5, 5.41) is 15.1. The van der Waals surface area contributed by atoms with Gasteiger partial charge in [0, 0.05) is 23.1 Å². The molecule has 0 fully saturated rings. The summed E-state index contributed by atoms with van der Waals surface area (Å²) >= 11 is 0. The van der Waals surface area contributed by atoms with E-state index in [1.807, 2.05) is 13.0 Å². The van der Waals surface area contributed by atoms with Gasteiger partial charge in [-0.1, -0.05) is 12.1 Å². The SMILES string of the molecule is Cc1cc(Nc2cccc(F)c2)nc(Nc2cccc(C#N)c2)n1. The number of benzene rings is 2. The van der Waals surface area contributed by atoms with Crippen LogP contribution < -0.4 is 10.6 Å². The summed E-state index contributed by atoms with van der Waals surface area (Å²) in [5.41, 5.74) is 2.62. The Bertz CT molecular complexity index is 917. The normalized spacial score (nSPS) is 10.0. The Morgan fingerprint density at radius 3 is 2.46 bits per heavy atom. The highest BCUT2D eigenvalue weighted by molar-refractivity contribution is 5.61. The molecule has 1 heterocycles. The Kier molecular flexibility index (Phi) is 4.34. The van der Waals surface area contributed by atoms with Gasteiger partial charge < -0.3 is 10.6 Å². The van der Waals surface area contributed by atoms with Crippen molar-refractivity contribution in [2.45, 2.75) is 6.92 Å². The number of anilines is 4. The molecule has 24 heavy (non-hydrogen) atoms. The number of halogens is 1. The highest BCUT2D eigenvalue weighted by Crippen LogP contribution is 2.20. The zero-order chi connectivity index (χ0) is 16.9. The number of aryl methyl sites for hydroxylation is 1. The largest absolute Gasteiger partial charge is 0.340 e. The molecule has 0 bridgehead atoms. The molecule has 3 rings (SSSR count). The number of hydrogen-bond donors (Lipinski definition) is 2. The van der Waals surface area contributed by atoms with E-state index in [-0.39, 0.29) is 5.82 Å². The number of nitriles is 1. The fraction of sp³-hybridized carbons (Fsp3) is 0.0556. The number of hydrogen-bond acceptors (Lipinski definition) is 5. The lowest BCUT2D eigenvalue weighted by molar-refractivity contribution is 0.628. The zero-order valence-corrected chi connectivity index (χ0v) is 12.9. The molecule has 0 saturated carbocycles. The molecule has 0 aliphatic rings. The third kappa shape index (κ3) is 3.84. The van der Waals surface area contributed by atoms with Crippen molar-refractivity contribution in [3.05, 3.63) is 71.7 Å². The van der Waals surface area contributed by atoms with Crippen molar-refractivity contribution in [2.75, 3.05) is 10.6 Å². The van der Waals surface area contributed by atoms with Crippen molar-refractivity contribution in [3.8, 4) is 6.07 Å². The van der Waals surface area contributed by atoms with Gasteiger partial charge in [-0.05, 0) is 43.3 Å². The Morgan fingerprint density at radius 1 is 0.958 bits per heavy atom. The third-order valence-corrected chi connectivity index (χ3v) is 3.20. The summed E-state index contributed by atoms with van der Waals surface area (Å²) < 4.78 is 13.3. The molecule has 0 spiro atoms. The molecule has 3 aromatic rings. The van der Waals surface area contributed by atoms with Crippen LogP contribution in [0.3, 0.4) is 0 Å². The van der Waals surface area contributed by atoms with Crippen LogP contribution in [0.1, 0.15) is 11.3 Å².